The zero-order chi connectivity index (χ0) is 18.1. The van der Waals surface area contributed by atoms with Gasteiger partial charge in [-0.2, -0.15) is 0 Å². The van der Waals surface area contributed by atoms with Gasteiger partial charge in [-0.3, -0.25) is 4.79 Å². The van der Waals surface area contributed by atoms with Crippen LogP contribution in [0.2, 0.25) is 0 Å². The summed E-state index contributed by atoms with van der Waals surface area (Å²) in [4.78, 5) is 11.8. The number of phenols is 1. The molecule has 0 spiro atoms. The Morgan fingerprint density at radius 1 is 1.16 bits per heavy atom. The fraction of sp³-hybridized carbons (Fsp3) is 0.316. The van der Waals surface area contributed by atoms with Crippen LogP contribution >= 0.6 is 0 Å². The number of ketones is 1. The Balaban J connectivity index is 2.08. The van der Waals surface area contributed by atoms with Crippen LogP contribution in [-0.2, 0) is 0 Å². The largest absolute Gasteiger partial charge is 0.504 e. The number of hydrogen-bond acceptors (Lipinski definition) is 6. The molecule has 0 bridgehead atoms. The van der Waals surface area contributed by atoms with Gasteiger partial charge in [0, 0.05) is 11.1 Å². The highest BCUT2D eigenvalue weighted by atomic mass is 16.5. The number of benzene rings is 2. The molecule has 6 heteroatoms. The smallest absolute Gasteiger partial charge is 0.165 e. The Labute approximate surface area is 145 Å². The Bertz CT molecular complexity index is 814. The van der Waals surface area contributed by atoms with Gasteiger partial charge in [0.1, 0.15) is 6.10 Å². The molecule has 0 radical (unpaired) electrons. The van der Waals surface area contributed by atoms with E-state index in [0.29, 0.717) is 22.8 Å². The van der Waals surface area contributed by atoms with Crippen LogP contribution in [-0.4, -0.2) is 36.8 Å². The summed E-state index contributed by atoms with van der Waals surface area (Å²) in [5.74, 6) is 0.867. The standard InChI is InChI=1S/C19H20O6/c1-10(21)12-6-13-14(9-20)18(25-19(13)17(8-12)24-3)11-4-5-15(22)16(7-11)23-2/h4-8,14,18,20,22H,9H2,1-3H3. The average molecular weight is 344 g/mol. The van der Waals surface area contributed by atoms with E-state index in [9.17, 15) is 15.0 Å². The number of hydrogen-bond donors (Lipinski definition) is 2. The van der Waals surface area contributed by atoms with E-state index in [2.05, 4.69) is 0 Å². The summed E-state index contributed by atoms with van der Waals surface area (Å²) in [7, 11) is 2.97. The molecule has 1 heterocycles. The molecule has 1 aliphatic rings. The van der Waals surface area contributed by atoms with E-state index >= 15 is 0 Å². The van der Waals surface area contributed by atoms with Gasteiger partial charge in [-0.1, -0.05) is 6.07 Å². The van der Waals surface area contributed by atoms with Crippen molar-refractivity contribution in [1.29, 1.82) is 0 Å². The first-order valence-corrected chi connectivity index (χ1v) is 7.87. The minimum absolute atomic E-state index is 0.0266. The fourth-order valence-electron chi connectivity index (χ4n) is 3.12. The minimum Gasteiger partial charge on any atom is -0.504 e. The number of aromatic hydroxyl groups is 1. The summed E-state index contributed by atoms with van der Waals surface area (Å²) in [6.07, 6.45) is -0.481. The number of carbonyl (C=O) groups is 1. The highest BCUT2D eigenvalue weighted by molar-refractivity contribution is 5.95. The monoisotopic (exact) mass is 344 g/mol. The lowest BCUT2D eigenvalue weighted by Crippen LogP contribution is -2.13. The highest BCUT2D eigenvalue weighted by Crippen LogP contribution is 2.51. The Hall–Kier alpha value is -2.73. The topological polar surface area (TPSA) is 85.2 Å². The Morgan fingerprint density at radius 2 is 1.88 bits per heavy atom. The second-order valence-electron chi connectivity index (χ2n) is 5.91. The molecule has 2 atom stereocenters. The van der Waals surface area contributed by atoms with Crippen molar-refractivity contribution in [2.45, 2.75) is 18.9 Å². The van der Waals surface area contributed by atoms with Gasteiger partial charge in [0.25, 0.3) is 0 Å². The van der Waals surface area contributed by atoms with Crippen molar-refractivity contribution in [3.8, 4) is 23.0 Å². The molecule has 25 heavy (non-hydrogen) atoms. The van der Waals surface area contributed by atoms with Crippen molar-refractivity contribution in [2.24, 2.45) is 0 Å². The van der Waals surface area contributed by atoms with E-state index in [1.54, 1.807) is 24.3 Å². The molecule has 0 saturated carbocycles. The summed E-state index contributed by atoms with van der Waals surface area (Å²) in [6, 6.07) is 8.28. The summed E-state index contributed by atoms with van der Waals surface area (Å²) < 4.78 is 16.6. The van der Waals surface area contributed by atoms with Crippen LogP contribution in [0, 0.1) is 0 Å². The molecular formula is C19H20O6. The number of aliphatic hydroxyl groups is 1. The van der Waals surface area contributed by atoms with Crippen molar-refractivity contribution in [1.82, 2.24) is 0 Å². The second-order valence-corrected chi connectivity index (χ2v) is 5.91. The van der Waals surface area contributed by atoms with Crippen molar-refractivity contribution in [3.05, 3.63) is 47.0 Å². The zero-order valence-corrected chi connectivity index (χ0v) is 14.3. The molecule has 2 aromatic carbocycles. The lowest BCUT2D eigenvalue weighted by Gasteiger charge is -2.18. The molecule has 0 saturated heterocycles. The normalized spacial score (nSPS) is 18.4. The molecule has 0 aromatic heterocycles. The van der Waals surface area contributed by atoms with Crippen molar-refractivity contribution >= 4 is 5.78 Å². The van der Waals surface area contributed by atoms with Gasteiger partial charge in [-0.05, 0) is 36.8 Å². The third-order valence-electron chi connectivity index (χ3n) is 4.45. The van der Waals surface area contributed by atoms with Gasteiger partial charge >= 0.3 is 0 Å². The van der Waals surface area contributed by atoms with E-state index in [-0.39, 0.29) is 24.1 Å². The number of Topliss-reactive ketones (excluding diaryl/α,β-unsaturated/α-hetero) is 1. The molecule has 3 rings (SSSR count). The third kappa shape index (κ3) is 2.89. The maximum Gasteiger partial charge on any atom is 0.165 e. The summed E-state index contributed by atoms with van der Waals surface area (Å²) >= 11 is 0. The molecule has 6 nitrogen and oxygen atoms in total. The summed E-state index contributed by atoms with van der Waals surface area (Å²) in [6.45, 7) is 1.32. The number of fused-ring (bicyclic) bond motifs is 1. The first kappa shape index (κ1) is 17.1. The second kappa shape index (κ2) is 6.64. The maximum atomic E-state index is 11.8. The lowest BCUT2D eigenvalue weighted by atomic mass is 9.90. The predicted molar refractivity (Wildman–Crippen MR) is 90.9 cm³/mol. The zero-order valence-electron chi connectivity index (χ0n) is 14.3. The molecule has 2 aromatic rings. The van der Waals surface area contributed by atoms with Gasteiger partial charge in [0.15, 0.2) is 28.8 Å². The molecule has 1 aliphatic heterocycles. The van der Waals surface area contributed by atoms with Gasteiger partial charge in [-0.25, -0.2) is 0 Å². The molecule has 132 valence electrons. The third-order valence-corrected chi connectivity index (χ3v) is 4.45. The van der Waals surface area contributed by atoms with Crippen LogP contribution in [0.25, 0.3) is 0 Å². The van der Waals surface area contributed by atoms with E-state index in [1.165, 1.54) is 27.2 Å². The highest BCUT2D eigenvalue weighted by Gasteiger charge is 2.38. The van der Waals surface area contributed by atoms with Crippen LogP contribution in [0.5, 0.6) is 23.0 Å². The summed E-state index contributed by atoms with van der Waals surface area (Å²) in [5.41, 5.74) is 1.97. The van der Waals surface area contributed by atoms with Crippen LogP contribution in [0.3, 0.4) is 0 Å². The fourth-order valence-corrected chi connectivity index (χ4v) is 3.12. The Morgan fingerprint density at radius 3 is 2.48 bits per heavy atom. The van der Waals surface area contributed by atoms with Crippen LogP contribution in [0.4, 0.5) is 0 Å². The van der Waals surface area contributed by atoms with E-state index in [4.69, 9.17) is 14.2 Å². The van der Waals surface area contributed by atoms with Crippen LogP contribution in [0.1, 0.15) is 40.4 Å². The molecule has 0 fully saturated rings. The molecule has 2 N–H and O–H groups in total. The maximum absolute atomic E-state index is 11.8. The number of rotatable bonds is 5. The van der Waals surface area contributed by atoms with Crippen molar-refractivity contribution < 1.29 is 29.2 Å². The van der Waals surface area contributed by atoms with Crippen molar-refractivity contribution in [3.63, 3.8) is 0 Å². The first-order chi connectivity index (χ1) is 12.0. The lowest BCUT2D eigenvalue weighted by molar-refractivity contribution is 0.101. The quantitative estimate of drug-likeness (QED) is 0.811. The number of carbonyl (C=O) groups excluding carboxylic acids is 1. The summed E-state index contributed by atoms with van der Waals surface area (Å²) in [5, 5.41) is 19.7. The van der Waals surface area contributed by atoms with Crippen LogP contribution in [0.15, 0.2) is 30.3 Å². The molecule has 0 aliphatic carbocycles. The van der Waals surface area contributed by atoms with Gasteiger partial charge in [0.05, 0.1) is 26.7 Å². The number of ether oxygens (including phenoxy) is 3. The molecular weight excluding hydrogens is 324 g/mol. The van der Waals surface area contributed by atoms with Crippen molar-refractivity contribution in [2.75, 3.05) is 20.8 Å². The van der Waals surface area contributed by atoms with Gasteiger partial charge < -0.3 is 24.4 Å². The number of phenolic OH excluding ortho intramolecular Hbond substituents is 1. The van der Waals surface area contributed by atoms with Gasteiger partial charge in [0.2, 0.25) is 0 Å². The number of methoxy groups -OCH3 is 2. The van der Waals surface area contributed by atoms with E-state index < -0.39 is 6.10 Å². The molecule has 0 amide bonds. The van der Waals surface area contributed by atoms with Gasteiger partial charge in [-0.15, -0.1) is 0 Å². The SMILES string of the molecule is COc1cc(C2Oc3c(OC)cc(C(C)=O)cc3C2CO)ccc1O. The van der Waals surface area contributed by atoms with E-state index in [1.807, 2.05) is 0 Å². The number of aliphatic hydroxyl groups excluding tert-OH is 1. The molecule has 2 unspecified atom stereocenters. The Kier molecular flexibility index (Phi) is 4.55. The predicted octanol–water partition coefficient (Wildman–Crippen LogP) is 2.82. The van der Waals surface area contributed by atoms with Crippen LogP contribution < -0.4 is 14.2 Å². The van der Waals surface area contributed by atoms with E-state index in [0.717, 1.165) is 11.1 Å². The average Bonchev–Trinajstić information content (AvgIpc) is 2.99. The minimum atomic E-state index is -0.481. The first-order valence-electron chi connectivity index (χ1n) is 7.87.